The normalized spacial score (nSPS) is 11.3. The van der Waals surface area contributed by atoms with Gasteiger partial charge >= 0.3 is 5.69 Å². The average Bonchev–Trinajstić information content (AvgIpc) is 3.40. The number of aryl methyl sites for hydroxylation is 2. The summed E-state index contributed by atoms with van der Waals surface area (Å²) >= 11 is 0. The molecule has 0 atom stereocenters. The third-order valence-corrected chi connectivity index (χ3v) is 4.52. The van der Waals surface area contributed by atoms with E-state index in [4.69, 9.17) is 0 Å². The Kier molecular flexibility index (Phi) is 5.36. The quantitative estimate of drug-likeness (QED) is 0.422. The molecular weight excluding hydrogens is 394 g/mol. The Morgan fingerprint density at radius 2 is 1.87 bits per heavy atom. The summed E-state index contributed by atoms with van der Waals surface area (Å²) in [6, 6.07) is 0. The number of amides is 2. The highest BCUT2D eigenvalue weighted by atomic mass is 16.6. The number of hydrogen-bond acceptors (Lipinski definition) is 7. The fourth-order valence-electron chi connectivity index (χ4n) is 2.72. The van der Waals surface area contributed by atoms with Crippen LogP contribution in [-0.2, 0) is 31.0 Å². The molecule has 0 aliphatic carbocycles. The van der Waals surface area contributed by atoms with Gasteiger partial charge in [0.25, 0.3) is 11.8 Å². The highest BCUT2D eigenvalue weighted by molar-refractivity contribution is 6.04. The number of nitrogens with zero attached hydrogens (tertiary/aromatic N) is 7. The first-order valence-electron chi connectivity index (χ1n) is 8.88. The molecule has 0 spiro atoms. The first-order chi connectivity index (χ1) is 14.1. The molecule has 0 saturated carbocycles. The molecule has 2 N–H and O–H groups in total. The van der Waals surface area contributed by atoms with Crippen molar-refractivity contribution in [1.29, 1.82) is 0 Å². The monoisotopic (exact) mass is 415 g/mol. The Bertz CT molecular complexity index is 1110. The van der Waals surface area contributed by atoms with Crippen LogP contribution in [0.3, 0.4) is 0 Å². The molecule has 0 saturated heterocycles. The molecule has 3 rings (SSSR count). The minimum atomic E-state index is -1.26. The molecule has 0 fully saturated rings. The van der Waals surface area contributed by atoms with Gasteiger partial charge in [-0.25, -0.2) is 0 Å². The minimum absolute atomic E-state index is 0.162. The van der Waals surface area contributed by atoms with Crippen molar-refractivity contribution in [3.8, 4) is 0 Å². The second kappa shape index (κ2) is 7.77. The third kappa shape index (κ3) is 4.04. The van der Waals surface area contributed by atoms with Gasteiger partial charge in [0, 0.05) is 32.4 Å². The molecule has 0 unspecified atom stereocenters. The number of nitro groups is 1. The van der Waals surface area contributed by atoms with Gasteiger partial charge in [0.1, 0.15) is 23.6 Å². The zero-order chi connectivity index (χ0) is 22.1. The molecule has 158 valence electrons. The van der Waals surface area contributed by atoms with Crippen LogP contribution in [0.1, 0.15) is 29.9 Å². The van der Waals surface area contributed by atoms with Crippen LogP contribution in [-0.4, -0.2) is 46.1 Å². The molecule has 0 aliphatic heterocycles. The molecule has 0 radical (unpaired) electrons. The van der Waals surface area contributed by atoms with E-state index in [2.05, 4.69) is 25.9 Å². The summed E-state index contributed by atoms with van der Waals surface area (Å²) in [4.78, 5) is 35.8. The smallest absolute Gasteiger partial charge is 0.307 e. The van der Waals surface area contributed by atoms with Gasteiger partial charge in [-0.05, 0) is 13.8 Å². The SMILES string of the molecule is Cn1cc(CNC(=O)c2c(NC(=O)C(C)(C)n3cc([N+](=O)[O-])cn3)cnn2C)cn1. The van der Waals surface area contributed by atoms with Gasteiger partial charge < -0.3 is 10.6 Å². The summed E-state index contributed by atoms with van der Waals surface area (Å²) in [5.74, 6) is -0.948. The molecule has 3 aromatic rings. The van der Waals surface area contributed by atoms with Crippen molar-refractivity contribution in [2.45, 2.75) is 25.9 Å². The number of nitrogens with one attached hydrogen (secondary N) is 2. The van der Waals surface area contributed by atoms with Crippen molar-refractivity contribution in [2.24, 2.45) is 14.1 Å². The molecule has 13 nitrogen and oxygen atoms in total. The largest absolute Gasteiger partial charge is 0.346 e. The summed E-state index contributed by atoms with van der Waals surface area (Å²) in [5.41, 5.74) is -0.295. The number of carbonyl (C=O) groups excluding carboxylic acids is 2. The van der Waals surface area contributed by atoms with Crippen LogP contribution in [0.15, 0.2) is 31.0 Å². The lowest BCUT2D eigenvalue weighted by Gasteiger charge is -2.23. The first kappa shape index (κ1) is 20.7. The third-order valence-electron chi connectivity index (χ3n) is 4.52. The predicted molar refractivity (Wildman–Crippen MR) is 104 cm³/mol. The van der Waals surface area contributed by atoms with Gasteiger partial charge in [-0.1, -0.05) is 0 Å². The van der Waals surface area contributed by atoms with E-state index in [-0.39, 0.29) is 23.6 Å². The molecular formula is C17H21N9O4. The van der Waals surface area contributed by atoms with Gasteiger partial charge in [-0.3, -0.25) is 33.7 Å². The Labute approximate surface area is 170 Å². The lowest BCUT2D eigenvalue weighted by Crippen LogP contribution is -2.41. The van der Waals surface area contributed by atoms with Gasteiger partial charge in [0.15, 0.2) is 0 Å². The van der Waals surface area contributed by atoms with E-state index in [1.807, 2.05) is 0 Å². The lowest BCUT2D eigenvalue weighted by atomic mass is 10.0. The molecule has 0 aliphatic rings. The minimum Gasteiger partial charge on any atom is -0.346 e. The molecule has 30 heavy (non-hydrogen) atoms. The van der Waals surface area contributed by atoms with Gasteiger partial charge in [-0.2, -0.15) is 15.3 Å². The average molecular weight is 415 g/mol. The summed E-state index contributed by atoms with van der Waals surface area (Å²) in [7, 11) is 3.35. The number of anilines is 1. The number of hydrogen-bond donors (Lipinski definition) is 2. The van der Waals surface area contributed by atoms with Crippen LogP contribution < -0.4 is 10.6 Å². The second-order valence-corrected chi connectivity index (χ2v) is 7.15. The van der Waals surface area contributed by atoms with Crippen molar-refractivity contribution >= 4 is 23.2 Å². The van der Waals surface area contributed by atoms with Crippen LogP contribution >= 0.6 is 0 Å². The van der Waals surface area contributed by atoms with Crippen molar-refractivity contribution in [2.75, 3.05) is 5.32 Å². The van der Waals surface area contributed by atoms with Crippen molar-refractivity contribution in [1.82, 2.24) is 34.7 Å². The van der Waals surface area contributed by atoms with E-state index >= 15 is 0 Å². The highest BCUT2D eigenvalue weighted by Crippen LogP contribution is 2.22. The van der Waals surface area contributed by atoms with Crippen LogP contribution in [0.4, 0.5) is 11.4 Å². The summed E-state index contributed by atoms with van der Waals surface area (Å²) < 4.78 is 4.16. The fraction of sp³-hybridized carbons (Fsp3) is 0.353. The van der Waals surface area contributed by atoms with Crippen molar-refractivity contribution in [3.05, 3.63) is 52.4 Å². The summed E-state index contributed by atoms with van der Waals surface area (Å²) in [6.07, 6.45) is 7.01. The Morgan fingerprint density at radius 3 is 2.47 bits per heavy atom. The van der Waals surface area contributed by atoms with E-state index < -0.39 is 22.3 Å². The molecule has 3 aromatic heterocycles. The standard InChI is InChI=1S/C17H21N9O4/c1-17(2,25-10-12(7-21-25)26(29)30)16(28)22-13-8-20-24(4)14(13)15(27)18-5-11-6-19-23(3)9-11/h6-10H,5H2,1-4H3,(H,18,27)(H,22,28). The maximum absolute atomic E-state index is 12.9. The van der Waals surface area contributed by atoms with E-state index in [0.29, 0.717) is 0 Å². The van der Waals surface area contributed by atoms with Crippen molar-refractivity contribution < 1.29 is 14.5 Å². The molecule has 2 amide bonds. The number of aromatic nitrogens is 6. The zero-order valence-corrected chi connectivity index (χ0v) is 16.9. The number of rotatable bonds is 7. The van der Waals surface area contributed by atoms with E-state index in [9.17, 15) is 19.7 Å². The van der Waals surface area contributed by atoms with Crippen LogP contribution in [0.5, 0.6) is 0 Å². The Morgan fingerprint density at radius 1 is 1.13 bits per heavy atom. The summed E-state index contributed by atoms with van der Waals surface area (Å²) in [6.45, 7) is 3.36. The van der Waals surface area contributed by atoms with Crippen LogP contribution in [0.2, 0.25) is 0 Å². The Balaban J connectivity index is 1.75. The molecule has 0 aromatic carbocycles. The van der Waals surface area contributed by atoms with Gasteiger partial charge in [-0.15, -0.1) is 0 Å². The maximum atomic E-state index is 12.9. The van der Waals surface area contributed by atoms with E-state index in [1.165, 1.54) is 21.8 Å². The molecule has 3 heterocycles. The van der Waals surface area contributed by atoms with Gasteiger partial charge in [0.2, 0.25) is 0 Å². The van der Waals surface area contributed by atoms with E-state index in [1.54, 1.807) is 45.0 Å². The fourth-order valence-corrected chi connectivity index (χ4v) is 2.72. The molecule has 13 heteroatoms. The Hall–Kier alpha value is -4.03. The van der Waals surface area contributed by atoms with Crippen LogP contribution in [0.25, 0.3) is 0 Å². The van der Waals surface area contributed by atoms with Crippen molar-refractivity contribution in [3.63, 3.8) is 0 Å². The van der Waals surface area contributed by atoms with Gasteiger partial charge in [0.05, 0.1) is 23.0 Å². The highest BCUT2D eigenvalue weighted by Gasteiger charge is 2.33. The first-order valence-corrected chi connectivity index (χ1v) is 8.88. The zero-order valence-electron chi connectivity index (χ0n) is 16.9. The predicted octanol–water partition coefficient (Wildman–Crippen LogP) is 0.562. The topological polar surface area (TPSA) is 155 Å². The molecule has 0 bridgehead atoms. The maximum Gasteiger partial charge on any atom is 0.307 e. The second-order valence-electron chi connectivity index (χ2n) is 7.15. The van der Waals surface area contributed by atoms with E-state index in [0.717, 1.165) is 11.8 Å². The summed E-state index contributed by atoms with van der Waals surface area (Å²) in [5, 5.41) is 28.3. The van der Waals surface area contributed by atoms with Crippen LogP contribution in [0, 0.1) is 10.1 Å². The lowest BCUT2D eigenvalue weighted by molar-refractivity contribution is -0.385. The number of carbonyl (C=O) groups is 2.